The fourth-order valence-corrected chi connectivity index (χ4v) is 1.99. The van der Waals surface area contributed by atoms with Crippen LogP contribution in [-0.2, 0) is 0 Å². The van der Waals surface area contributed by atoms with E-state index < -0.39 is 30.1 Å². The highest BCUT2D eigenvalue weighted by atomic mass is 19.4. The summed E-state index contributed by atoms with van der Waals surface area (Å²) in [6, 6.07) is 10.8. The molecule has 0 aromatic heterocycles. The number of carbonyl (C=O) groups is 2. The third kappa shape index (κ3) is 4.84. The Bertz CT molecular complexity index is 736. The molecule has 0 N–H and O–H groups in total. The summed E-state index contributed by atoms with van der Waals surface area (Å²) in [6.07, 6.45) is -5.19. The van der Waals surface area contributed by atoms with Gasteiger partial charge in [-0.1, -0.05) is 12.1 Å². The van der Waals surface area contributed by atoms with Crippen LogP contribution in [0, 0.1) is 0 Å². The highest BCUT2D eigenvalue weighted by molar-refractivity contribution is 6.13. The molecule has 0 heterocycles. The van der Waals surface area contributed by atoms with Crippen LogP contribution >= 0.6 is 0 Å². The minimum absolute atomic E-state index is 0.126. The van der Waals surface area contributed by atoms with E-state index in [2.05, 4.69) is 4.74 Å². The molecule has 2 aromatic carbocycles. The molecule has 0 bridgehead atoms. The molecular weight excluding hydrogens is 325 g/mol. The zero-order chi connectivity index (χ0) is 17.7. The molecule has 0 spiro atoms. The summed E-state index contributed by atoms with van der Waals surface area (Å²) in [4.78, 5) is 24.2. The number of carbonyl (C=O) groups excluding carboxylic acids is 2. The van der Waals surface area contributed by atoms with Gasteiger partial charge >= 0.3 is 6.36 Å². The van der Waals surface area contributed by atoms with Gasteiger partial charge in [0.25, 0.3) is 0 Å². The molecule has 0 saturated carbocycles. The van der Waals surface area contributed by atoms with Gasteiger partial charge in [-0.3, -0.25) is 9.59 Å². The normalized spacial score (nSPS) is 11.0. The van der Waals surface area contributed by atoms with Crippen molar-refractivity contribution in [3.63, 3.8) is 0 Å². The average molecular weight is 338 g/mol. The maximum Gasteiger partial charge on any atom is 0.573 e. The van der Waals surface area contributed by atoms with E-state index in [4.69, 9.17) is 4.74 Å². The second-order valence-electron chi connectivity index (χ2n) is 4.83. The number of benzene rings is 2. The minimum Gasteiger partial charge on any atom is -0.497 e. The van der Waals surface area contributed by atoms with E-state index in [9.17, 15) is 22.8 Å². The summed E-state index contributed by atoms with van der Waals surface area (Å²) in [5.41, 5.74) is 0.445. The average Bonchev–Trinajstić information content (AvgIpc) is 2.54. The van der Waals surface area contributed by atoms with Crippen LogP contribution in [0.15, 0.2) is 48.5 Å². The lowest BCUT2D eigenvalue weighted by molar-refractivity contribution is -0.274. The third-order valence-corrected chi connectivity index (χ3v) is 3.12. The lowest BCUT2D eigenvalue weighted by Gasteiger charge is -2.09. The highest BCUT2D eigenvalue weighted by Gasteiger charge is 2.31. The fourth-order valence-electron chi connectivity index (χ4n) is 1.99. The molecule has 0 aliphatic rings. The number of rotatable bonds is 6. The number of hydrogen-bond donors (Lipinski definition) is 0. The Kier molecular flexibility index (Phi) is 5.23. The zero-order valence-electron chi connectivity index (χ0n) is 12.6. The minimum atomic E-state index is -4.80. The highest BCUT2D eigenvalue weighted by Crippen LogP contribution is 2.23. The fraction of sp³-hybridized carbons (Fsp3) is 0.176. The quantitative estimate of drug-likeness (QED) is 0.589. The largest absolute Gasteiger partial charge is 0.573 e. The summed E-state index contributed by atoms with van der Waals surface area (Å²) in [7, 11) is 1.46. The van der Waals surface area contributed by atoms with Crippen molar-refractivity contribution < 1.29 is 32.2 Å². The van der Waals surface area contributed by atoms with E-state index in [-0.39, 0.29) is 5.56 Å². The monoisotopic (exact) mass is 338 g/mol. The first-order chi connectivity index (χ1) is 11.3. The number of methoxy groups -OCH3 is 1. The Morgan fingerprint density at radius 1 is 0.917 bits per heavy atom. The van der Waals surface area contributed by atoms with Crippen molar-refractivity contribution in [1.82, 2.24) is 0 Å². The van der Waals surface area contributed by atoms with E-state index in [0.717, 1.165) is 12.1 Å². The summed E-state index contributed by atoms with van der Waals surface area (Å²) < 4.78 is 45.0. The van der Waals surface area contributed by atoms with E-state index in [0.29, 0.717) is 11.3 Å². The van der Waals surface area contributed by atoms with E-state index >= 15 is 0 Å². The first-order valence-electron chi connectivity index (χ1n) is 6.85. The van der Waals surface area contributed by atoms with Crippen LogP contribution < -0.4 is 9.47 Å². The molecule has 2 rings (SSSR count). The maximum atomic E-state index is 12.1. The van der Waals surface area contributed by atoms with Gasteiger partial charge in [0.05, 0.1) is 13.5 Å². The topological polar surface area (TPSA) is 52.6 Å². The van der Waals surface area contributed by atoms with Gasteiger partial charge in [0, 0.05) is 11.1 Å². The van der Waals surface area contributed by atoms with Crippen LogP contribution in [0.4, 0.5) is 13.2 Å². The molecule has 0 unspecified atom stereocenters. The molecule has 0 amide bonds. The molecule has 4 nitrogen and oxygen atoms in total. The van der Waals surface area contributed by atoms with Gasteiger partial charge in [0.2, 0.25) is 0 Å². The third-order valence-electron chi connectivity index (χ3n) is 3.12. The summed E-state index contributed by atoms with van der Waals surface area (Å²) in [6.45, 7) is 0. The van der Waals surface area contributed by atoms with Crippen LogP contribution in [0.5, 0.6) is 11.5 Å². The predicted molar refractivity (Wildman–Crippen MR) is 79.4 cm³/mol. The van der Waals surface area contributed by atoms with Gasteiger partial charge in [-0.05, 0) is 36.4 Å². The lowest BCUT2D eigenvalue weighted by Crippen LogP contribution is -2.17. The van der Waals surface area contributed by atoms with Gasteiger partial charge < -0.3 is 9.47 Å². The molecule has 24 heavy (non-hydrogen) atoms. The second kappa shape index (κ2) is 7.16. The molecule has 126 valence electrons. The standard InChI is InChI=1S/C17H13F3O4/c1-23-14-4-2-3-12(9-14)16(22)10-15(21)11-5-7-13(8-6-11)24-17(18,19)20/h2-9H,10H2,1H3. The summed E-state index contributed by atoms with van der Waals surface area (Å²) >= 11 is 0. The number of Topliss-reactive ketones (excluding diaryl/α,β-unsaturated/α-hetero) is 2. The number of ketones is 2. The van der Waals surface area contributed by atoms with Gasteiger partial charge in [0.1, 0.15) is 11.5 Å². The number of ether oxygens (including phenoxy) is 2. The summed E-state index contributed by atoms with van der Waals surface area (Å²) in [5.74, 6) is -0.851. The van der Waals surface area contributed by atoms with Gasteiger partial charge in [0.15, 0.2) is 11.6 Å². The molecule has 0 aliphatic carbocycles. The maximum absolute atomic E-state index is 12.1. The number of alkyl halides is 3. The Hall–Kier alpha value is -2.83. The molecular formula is C17H13F3O4. The first-order valence-corrected chi connectivity index (χ1v) is 6.85. The molecule has 0 aliphatic heterocycles. The van der Waals surface area contributed by atoms with Crippen molar-refractivity contribution in [2.75, 3.05) is 7.11 Å². The summed E-state index contributed by atoms with van der Waals surface area (Å²) in [5, 5.41) is 0. The second-order valence-corrected chi connectivity index (χ2v) is 4.83. The van der Waals surface area contributed by atoms with E-state index in [1.54, 1.807) is 18.2 Å². The molecule has 0 radical (unpaired) electrons. The van der Waals surface area contributed by atoms with Gasteiger partial charge in [-0.15, -0.1) is 13.2 Å². The van der Waals surface area contributed by atoms with E-state index in [1.807, 2.05) is 0 Å². The molecule has 0 fully saturated rings. The Morgan fingerprint density at radius 2 is 1.54 bits per heavy atom. The van der Waals surface area contributed by atoms with Crippen molar-refractivity contribution in [3.05, 3.63) is 59.7 Å². The number of halogens is 3. The van der Waals surface area contributed by atoms with E-state index in [1.165, 1.54) is 25.3 Å². The predicted octanol–water partition coefficient (Wildman–Crippen LogP) is 4.05. The van der Waals surface area contributed by atoms with Crippen molar-refractivity contribution >= 4 is 11.6 Å². The molecule has 7 heteroatoms. The van der Waals surface area contributed by atoms with Crippen molar-refractivity contribution in [2.45, 2.75) is 12.8 Å². The van der Waals surface area contributed by atoms with Crippen LogP contribution in [-0.4, -0.2) is 25.0 Å². The van der Waals surface area contributed by atoms with Crippen molar-refractivity contribution in [1.29, 1.82) is 0 Å². The Labute approximate surface area is 135 Å². The van der Waals surface area contributed by atoms with Crippen molar-refractivity contribution in [2.24, 2.45) is 0 Å². The van der Waals surface area contributed by atoms with Crippen LogP contribution in [0.3, 0.4) is 0 Å². The molecule has 0 atom stereocenters. The van der Waals surface area contributed by atoms with Crippen LogP contribution in [0.1, 0.15) is 27.1 Å². The number of hydrogen-bond acceptors (Lipinski definition) is 4. The first kappa shape index (κ1) is 17.5. The van der Waals surface area contributed by atoms with Gasteiger partial charge in [-0.2, -0.15) is 0 Å². The van der Waals surface area contributed by atoms with Crippen molar-refractivity contribution in [3.8, 4) is 11.5 Å². The van der Waals surface area contributed by atoms with Crippen LogP contribution in [0.2, 0.25) is 0 Å². The molecule has 0 saturated heterocycles. The Balaban J connectivity index is 2.05. The SMILES string of the molecule is COc1cccc(C(=O)CC(=O)c2ccc(OC(F)(F)F)cc2)c1. The smallest absolute Gasteiger partial charge is 0.497 e. The van der Waals surface area contributed by atoms with Gasteiger partial charge in [-0.25, -0.2) is 0 Å². The zero-order valence-corrected chi connectivity index (χ0v) is 12.6. The molecule has 2 aromatic rings. The Morgan fingerprint density at radius 3 is 2.12 bits per heavy atom. The lowest BCUT2D eigenvalue weighted by atomic mass is 10.0. The van der Waals surface area contributed by atoms with Crippen LogP contribution in [0.25, 0.3) is 0 Å².